The molecule has 116 valence electrons. The highest BCUT2D eigenvalue weighted by atomic mass is 35.5. The summed E-state index contributed by atoms with van der Waals surface area (Å²) in [6.07, 6.45) is 5.20. The van der Waals surface area contributed by atoms with Crippen LogP contribution in [-0.4, -0.2) is 29.6 Å². The molecule has 2 nitrogen and oxygen atoms in total. The molecule has 3 heteroatoms. The first-order valence-corrected chi connectivity index (χ1v) is 8.78. The Bertz CT molecular complexity index is 480. The number of benzene rings is 1. The molecule has 21 heavy (non-hydrogen) atoms. The van der Waals surface area contributed by atoms with Gasteiger partial charge in [-0.15, -0.1) is 0 Å². The van der Waals surface area contributed by atoms with Gasteiger partial charge in [0.15, 0.2) is 0 Å². The molecular formula is C18H27ClN2. The number of nitrogens with one attached hydrogen (secondary N) is 1. The van der Waals surface area contributed by atoms with E-state index in [1.54, 1.807) is 0 Å². The smallest absolute Gasteiger partial charge is 0.0451 e. The van der Waals surface area contributed by atoms with Gasteiger partial charge in [-0.05, 0) is 43.2 Å². The third-order valence-electron chi connectivity index (χ3n) is 5.61. The molecule has 0 spiro atoms. The van der Waals surface area contributed by atoms with Crippen molar-refractivity contribution in [1.82, 2.24) is 10.2 Å². The molecule has 1 atom stereocenters. The normalized spacial score (nSPS) is 26.0. The highest BCUT2D eigenvalue weighted by Crippen LogP contribution is 2.38. The van der Waals surface area contributed by atoms with Crippen molar-refractivity contribution < 1.29 is 0 Å². The van der Waals surface area contributed by atoms with E-state index in [1.165, 1.54) is 31.2 Å². The van der Waals surface area contributed by atoms with Gasteiger partial charge in [0, 0.05) is 36.2 Å². The van der Waals surface area contributed by atoms with E-state index < -0.39 is 0 Å². The van der Waals surface area contributed by atoms with Crippen LogP contribution in [-0.2, 0) is 6.54 Å². The largest absolute Gasteiger partial charge is 0.311 e. The third-order valence-corrected chi connectivity index (χ3v) is 5.98. The Balaban J connectivity index is 1.80. The lowest BCUT2D eigenvalue weighted by molar-refractivity contribution is 0.0203. The van der Waals surface area contributed by atoms with Crippen molar-refractivity contribution in [3.8, 4) is 0 Å². The topological polar surface area (TPSA) is 15.3 Å². The van der Waals surface area contributed by atoms with Crippen LogP contribution >= 0.6 is 11.6 Å². The summed E-state index contributed by atoms with van der Waals surface area (Å²) in [7, 11) is 0. The highest BCUT2D eigenvalue weighted by molar-refractivity contribution is 6.31. The summed E-state index contributed by atoms with van der Waals surface area (Å²) in [5, 5.41) is 4.73. The van der Waals surface area contributed by atoms with Crippen molar-refractivity contribution in [2.45, 2.75) is 57.7 Å². The fourth-order valence-electron chi connectivity index (χ4n) is 3.75. The average molecular weight is 307 g/mol. The van der Waals surface area contributed by atoms with E-state index in [0.29, 0.717) is 6.04 Å². The van der Waals surface area contributed by atoms with Crippen LogP contribution in [0.1, 0.15) is 45.1 Å². The average Bonchev–Trinajstić information content (AvgIpc) is 3.34. The van der Waals surface area contributed by atoms with Crippen LogP contribution in [0.4, 0.5) is 0 Å². The first-order valence-electron chi connectivity index (χ1n) is 8.40. The SMILES string of the molecule is CCC1(CC)CNC(C2CC2)CN1Cc1ccccc1Cl. The molecule has 3 rings (SSSR count). The molecule has 0 aromatic heterocycles. The van der Waals surface area contributed by atoms with Gasteiger partial charge in [-0.25, -0.2) is 0 Å². The maximum atomic E-state index is 6.39. The number of halogens is 1. The summed E-state index contributed by atoms with van der Waals surface area (Å²) in [4.78, 5) is 2.70. The van der Waals surface area contributed by atoms with Gasteiger partial charge < -0.3 is 5.32 Å². The molecule has 0 bridgehead atoms. The van der Waals surface area contributed by atoms with Gasteiger partial charge in [-0.1, -0.05) is 43.6 Å². The Labute approximate surface area is 133 Å². The number of hydrogen-bond acceptors (Lipinski definition) is 2. The standard InChI is InChI=1S/C18H27ClN2/c1-3-18(4-2)13-20-17(14-9-10-14)12-21(18)11-15-7-5-6-8-16(15)19/h5-8,14,17,20H,3-4,9-13H2,1-2H3. The quantitative estimate of drug-likeness (QED) is 0.881. The summed E-state index contributed by atoms with van der Waals surface area (Å²) in [6, 6.07) is 8.98. The van der Waals surface area contributed by atoms with E-state index in [2.05, 4.69) is 36.2 Å². The monoisotopic (exact) mass is 306 g/mol. The zero-order chi connectivity index (χ0) is 14.9. The van der Waals surface area contributed by atoms with Gasteiger partial charge in [0.05, 0.1) is 0 Å². The zero-order valence-electron chi connectivity index (χ0n) is 13.2. The molecule has 1 aliphatic heterocycles. The van der Waals surface area contributed by atoms with Gasteiger partial charge in [0.1, 0.15) is 0 Å². The minimum atomic E-state index is 0.282. The van der Waals surface area contributed by atoms with E-state index in [1.807, 2.05) is 12.1 Å². The van der Waals surface area contributed by atoms with E-state index in [4.69, 9.17) is 11.6 Å². The lowest BCUT2D eigenvalue weighted by Gasteiger charge is -2.50. The van der Waals surface area contributed by atoms with E-state index in [0.717, 1.165) is 30.6 Å². The first-order chi connectivity index (χ1) is 10.2. The molecular weight excluding hydrogens is 280 g/mol. The van der Waals surface area contributed by atoms with Crippen LogP contribution in [0, 0.1) is 5.92 Å². The van der Waals surface area contributed by atoms with Crippen LogP contribution in [0.25, 0.3) is 0 Å². The molecule has 2 aliphatic rings. The molecule has 1 saturated heterocycles. The lowest BCUT2D eigenvalue weighted by atomic mass is 9.86. The number of rotatable bonds is 5. The van der Waals surface area contributed by atoms with Crippen LogP contribution in [0.5, 0.6) is 0 Å². The third kappa shape index (κ3) is 3.13. The van der Waals surface area contributed by atoms with Crippen molar-refractivity contribution in [1.29, 1.82) is 0 Å². The minimum Gasteiger partial charge on any atom is -0.311 e. The van der Waals surface area contributed by atoms with Crippen LogP contribution in [0.2, 0.25) is 5.02 Å². The molecule has 1 aromatic rings. The predicted octanol–water partition coefficient (Wildman–Crippen LogP) is 4.08. The minimum absolute atomic E-state index is 0.282. The molecule has 0 radical (unpaired) electrons. The van der Waals surface area contributed by atoms with Gasteiger partial charge in [0.2, 0.25) is 0 Å². The maximum Gasteiger partial charge on any atom is 0.0451 e. The van der Waals surface area contributed by atoms with Crippen LogP contribution in [0.15, 0.2) is 24.3 Å². The first kappa shape index (κ1) is 15.3. The molecule has 1 N–H and O–H groups in total. The van der Waals surface area contributed by atoms with E-state index in [-0.39, 0.29) is 5.54 Å². The maximum absolute atomic E-state index is 6.39. The van der Waals surface area contributed by atoms with Crippen LogP contribution in [0.3, 0.4) is 0 Å². The summed E-state index contributed by atoms with van der Waals surface area (Å²) in [5.74, 6) is 0.908. The molecule has 0 amide bonds. The van der Waals surface area contributed by atoms with Crippen molar-refractivity contribution in [2.75, 3.05) is 13.1 Å². The number of hydrogen-bond donors (Lipinski definition) is 1. The van der Waals surface area contributed by atoms with Crippen LogP contribution < -0.4 is 5.32 Å². The molecule has 1 saturated carbocycles. The van der Waals surface area contributed by atoms with Crippen molar-refractivity contribution in [2.24, 2.45) is 5.92 Å². The molecule has 1 aromatic carbocycles. The van der Waals surface area contributed by atoms with Crippen molar-refractivity contribution in [3.63, 3.8) is 0 Å². The van der Waals surface area contributed by atoms with Gasteiger partial charge >= 0.3 is 0 Å². The fraction of sp³-hybridized carbons (Fsp3) is 0.667. The van der Waals surface area contributed by atoms with Gasteiger partial charge in [-0.2, -0.15) is 0 Å². The Morgan fingerprint density at radius 3 is 2.57 bits per heavy atom. The van der Waals surface area contributed by atoms with E-state index in [9.17, 15) is 0 Å². The summed E-state index contributed by atoms with van der Waals surface area (Å²) < 4.78 is 0. The Morgan fingerprint density at radius 2 is 1.95 bits per heavy atom. The Hall–Kier alpha value is -0.570. The summed E-state index contributed by atoms with van der Waals surface area (Å²) >= 11 is 6.39. The second-order valence-electron chi connectivity index (χ2n) is 6.73. The number of piperazine rings is 1. The van der Waals surface area contributed by atoms with E-state index >= 15 is 0 Å². The predicted molar refractivity (Wildman–Crippen MR) is 89.7 cm³/mol. The van der Waals surface area contributed by atoms with Crippen molar-refractivity contribution >= 4 is 11.6 Å². The second-order valence-corrected chi connectivity index (χ2v) is 7.14. The molecule has 1 unspecified atom stereocenters. The molecule has 1 aliphatic carbocycles. The summed E-state index contributed by atoms with van der Waals surface area (Å²) in [5.41, 5.74) is 1.55. The Morgan fingerprint density at radius 1 is 1.24 bits per heavy atom. The lowest BCUT2D eigenvalue weighted by Crippen LogP contribution is -2.64. The van der Waals surface area contributed by atoms with Crippen molar-refractivity contribution in [3.05, 3.63) is 34.9 Å². The summed E-state index contributed by atoms with van der Waals surface area (Å²) in [6.45, 7) is 7.90. The van der Waals surface area contributed by atoms with Gasteiger partial charge in [0.25, 0.3) is 0 Å². The second kappa shape index (κ2) is 6.28. The van der Waals surface area contributed by atoms with Gasteiger partial charge in [-0.3, -0.25) is 4.90 Å². The fourth-order valence-corrected chi connectivity index (χ4v) is 3.95. The molecule has 2 fully saturated rings. The zero-order valence-corrected chi connectivity index (χ0v) is 14.0. The Kier molecular flexibility index (Phi) is 4.58. The molecule has 1 heterocycles. The number of nitrogens with zero attached hydrogens (tertiary/aromatic N) is 1. The highest BCUT2D eigenvalue weighted by Gasteiger charge is 2.43.